The van der Waals surface area contributed by atoms with Gasteiger partial charge in [-0.15, -0.1) is 11.3 Å². The number of ether oxygens (including phenoxy) is 1. The van der Waals surface area contributed by atoms with Crippen LogP contribution in [0, 0.1) is 0 Å². The zero-order valence-electron chi connectivity index (χ0n) is 18.7. The first kappa shape index (κ1) is 23.1. The van der Waals surface area contributed by atoms with E-state index in [0.717, 1.165) is 47.2 Å². The summed E-state index contributed by atoms with van der Waals surface area (Å²) in [6, 6.07) is 14.4. The molecule has 5 nitrogen and oxygen atoms in total. The van der Waals surface area contributed by atoms with Gasteiger partial charge in [-0.1, -0.05) is 35.5 Å². The first-order chi connectivity index (χ1) is 16.6. The second kappa shape index (κ2) is 9.94. The number of rotatable bonds is 7. The summed E-state index contributed by atoms with van der Waals surface area (Å²) >= 11 is 9.09. The lowest BCUT2D eigenvalue weighted by atomic mass is 9.97. The van der Waals surface area contributed by atoms with Gasteiger partial charge in [0.15, 0.2) is 10.9 Å². The summed E-state index contributed by atoms with van der Waals surface area (Å²) < 4.78 is 7.19. The second-order valence-corrected chi connectivity index (χ2v) is 10.5. The van der Waals surface area contributed by atoms with Crippen LogP contribution < -0.4 is 10.3 Å². The lowest BCUT2D eigenvalue weighted by Crippen LogP contribution is -2.22. The Kier molecular flexibility index (Phi) is 6.77. The fourth-order valence-electron chi connectivity index (χ4n) is 4.26. The molecule has 1 aliphatic rings. The van der Waals surface area contributed by atoms with Crippen molar-refractivity contribution in [3.63, 3.8) is 0 Å². The topological polar surface area (TPSA) is 61.2 Å². The number of nitrogens with zero attached hydrogens (tertiary/aromatic N) is 2. The summed E-state index contributed by atoms with van der Waals surface area (Å²) in [6.45, 7) is 2.50. The Morgan fingerprint density at radius 3 is 2.68 bits per heavy atom. The van der Waals surface area contributed by atoms with Crippen LogP contribution >= 0.6 is 34.7 Å². The molecule has 0 fully saturated rings. The third-order valence-electron chi connectivity index (χ3n) is 5.87. The molecule has 174 valence electrons. The zero-order valence-corrected chi connectivity index (χ0v) is 21.1. The molecule has 0 N–H and O–H groups in total. The number of aromatic nitrogens is 2. The summed E-state index contributed by atoms with van der Waals surface area (Å²) in [4.78, 5) is 33.6. The van der Waals surface area contributed by atoms with Crippen molar-refractivity contribution in [1.82, 2.24) is 9.55 Å². The van der Waals surface area contributed by atoms with Gasteiger partial charge in [0.1, 0.15) is 10.6 Å². The average Bonchev–Trinajstić information content (AvgIpc) is 3.22. The van der Waals surface area contributed by atoms with Crippen LogP contribution in [0.25, 0.3) is 15.9 Å². The van der Waals surface area contributed by atoms with E-state index >= 15 is 0 Å². The van der Waals surface area contributed by atoms with E-state index in [4.69, 9.17) is 21.3 Å². The number of carbonyl (C=O) groups is 1. The van der Waals surface area contributed by atoms with E-state index in [2.05, 4.69) is 0 Å². The maximum Gasteiger partial charge on any atom is 0.267 e. The number of carbonyl (C=O) groups excluding carboxylic acids is 1. The van der Waals surface area contributed by atoms with E-state index < -0.39 is 0 Å². The molecule has 0 amide bonds. The Hall–Kier alpha value is -2.61. The third-order valence-corrected chi connectivity index (χ3v) is 8.32. The Morgan fingerprint density at radius 1 is 1.15 bits per heavy atom. The molecule has 0 bridgehead atoms. The van der Waals surface area contributed by atoms with Crippen molar-refractivity contribution in [2.45, 2.75) is 37.8 Å². The van der Waals surface area contributed by atoms with Crippen molar-refractivity contribution < 1.29 is 9.53 Å². The predicted octanol–water partition coefficient (Wildman–Crippen LogP) is 6.35. The van der Waals surface area contributed by atoms with E-state index in [1.54, 1.807) is 40.2 Å². The van der Waals surface area contributed by atoms with Gasteiger partial charge < -0.3 is 4.74 Å². The predicted molar refractivity (Wildman–Crippen MR) is 140 cm³/mol. The number of hydrogen-bond acceptors (Lipinski definition) is 6. The monoisotopic (exact) mass is 510 g/mol. The highest BCUT2D eigenvalue weighted by molar-refractivity contribution is 7.99. The number of fused-ring (bicyclic) bond motifs is 3. The van der Waals surface area contributed by atoms with Gasteiger partial charge in [-0.05, 0) is 74.6 Å². The van der Waals surface area contributed by atoms with E-state index in [1.165, 1.54) is 16.6 Å². The van der Waals surface area contributed by atoms with Crippen LogP contribution in [0.1, 0.15) is 40.6 Å². The number of benzene rings is 2. The largest absolute Gasteiger partial charge is 0.494 e. The number of hydrogen-bond donors (Lipinski definition) is 0. The summed E-state index contributed by atoms with van der Waals surface area (Å²) in [5.74, 6) is 0.766. The highest BCUT2D eigenvalue weighted by Gasteiger charge is 2.23. The average molecular weight is 511 g/mol. The smallest absolute Gasteiger partial charge is 0.267 e. The van der Waals surface area contributed by atoms with Crippen LogP contribution in [0.5, 0.6) is 5.75 Å². The number of aryl methyl sites for hydroxylation is 2. The first-order valence-electron chi connectivity index (χ1n) is 11.3. The van der Waals surface area contributed by atoms with E-state index in [-0.39, 0.29) is 17.1 Å². The van der Waals surface area contributed by atoms with Crippen LogP contribution in [0.3, 0.4) is 0 Å². The molecule has 2 heterocycles. The minimum absolute atomic E-state index is 0.0822. The Morgan fingerprint density at radius 2 is 1.91 bits per heavy atom. The molecule has 0 saturated carbocycles. The van der Waals surface area contributed by atoms with Crippen LogP contribution in [0.4, 0.5) is 0 Å². The highest BCUT2D eigenvalue weighted by atomic mass is 35.5. The van der Waals surface area contributed by atoms with E-state index in [9.17, 15) is 9.59 Å². The van der Waals surface area contributed by atoms with Crippen molar-refractivity contribution in [2.75, 3.05) is 12.4 Å². The van der Waals surface area contributed by atoms with Gasteiger partial charge in [0.2, 0.25) is 0 Å². The van der Waals surface area contributed by atoms with Gasteiger partial charge in [0, 0.05) is 10.4 Å². The molecule has 0 spiro atoms. The Labute approximate surface area is 210 Å². The zero-order chi connectivity index (χ0) is 23.7. The van der Waals surface area contributed by atoms with Gasteiger partial charge in [-0.3, -0.25) is 14.2 Å². The fraction of sp³-hybridized carbons (Fsp3) is 0.269. The summed E-state index contributed by atoms with van der Waals surface area (Å²) in [6.07, 6.45) is 4.13. The maximum absolute atomic E-state index is 13.8. The molecule has 0 aliphatic heterocycles. The minimum atomic E-state index is -0.103. The van der Waals surface area contributed by atoms with Gasteiger partial charge in [0.25, 0.3) is 5.56 Å². The Bertz CT molecular complexity index is 1430. The lowest BCUT2D eigenvalue weighted by molar-refractivity contribution is 0.102. The first-order valence-corrected chi connectivity index (χ1v) is 13.5. The normalized spacial score (nSPS) is 13.1. The minimum Gasteiger partial charge on any atom is -0.494 e. The molecule has 2 aromatic heterocycles. The van der Waals surface area contributed by atoms with Crippen LogP contribution in [-0.2, 0) is 12.8 Å². The van der Waals surface area contributed by atoms with Crippen molar-refractivity contribution in [2.24, 2.45) is 0 Å². The molecule has 8 heteroatoms. The highest BCUT2D eigenvalue weighted by Crippen LogP contribution is 2.35. The molecule has 0 atom stereocenters. The number of halogens is 1. The van der Waals surface area contributed by atoms with Gasteiger partial charge in [-0.2, -0.15) is 0 Å². The second-order valence-electron chi connectivity index (χ2n) is 8.04. The Balaban J connectivity index is 1.59. The fourth-order valence-corrected chi connectivity index (χ4v) is 6.70. The van der Waals surface area contributed by atoms with Crippen molar-refractivity contribution in [3.05, 3.63) is 79.9 Å². The molecule has 5 rings (SSSR count). The summed E-state index contributed by atoms with van der Waals surface area (Å²) in [5, 5.41) is 1.64. The standard InChI is InChI=1S/C26H23ClN2O3S2/c1-2-32-17-13-11-16(12-14-17)29-25(31)23-19-8-4-6-10-22(19)34-24(23)28-26(29)33-15-21(30)18-7-3-5-9-20(18)27/h3,5,7,9,11-14H,2,4,6,8,10,15H2,1H3. The molecule has 0 unspecified atom stereocenters. The van der Waals surface area contributed by atoms with E-state index in [1.807, 2.05) is 31.2 Å². The molecule has 34 heavy (non-hydrogen) atoms. The summed E-state index contributed by atoms with van der Waals surface area (Å²) in [7, 11) is 0. The van der Waals surface area contributed by atoms with Crippen LogP contribution in [0.15, 0.2) is 58.5 Å². The van der Waals surface area contributed by atoms with Gasteiger partial charge >= 0.3 is 0 Å². The van der Waals surface area contributed by atoms with Gasteiger partial charge in [0.05, 0.1) is 28.5 Å². The molecule has 4 aromatic rings. The van der Waals surface area contributed by atoms with Crippen molar-refractivity contribution in [1.29, 1.82) is 0 Å². The molecule has 0 radical (unpaired) electrons. The molecular formula is C26H23ClN2O3S2. The molecular weight excluding hydrogens is 488 g/mol. The van der Waals surface area contributed by atoms with Crippen LogP contribution in [0.2, 0.25) is 5.02 Å². The maximum atomic E-state index is 13.8. The number of thioether (sulfide) groups is 1. The number of Topliss-reactive ketones (excluding diaryl/α,β-unsaturated/α-hetero) is 1. The number of thiophene rings is 1. The molecule has 2 aromatic carbocycles. The quantitative estimate of drug-likeness (QED) is 0.164. The van der Waals surface area contributed by atoms with Crippen LogP contribution in [-0.4, -0.2) is 27.7 Å². The van der Waals surface area contributed by atoms with Crippen molar-refractivity contribution >= 4 is 50.7 Å². The number of ketones is 1. The SMILES string of the molecule is CCOc1ccc(-n2c(SCC(=O)c3ccccc3Cl)nc3sc4c(c3c2=O)CCCC4)cc1. The third kappa shape index (κ3) is 4.40. The van der Waals surface area contributed by atoms with Gasteiger partial charge in [-0.25, -0.2) is 4.98 Å². The van der Waals surface area contributed by atoms with Crippen molar-refractivity contribution in [3.8, 4) is 11.4 Å². The molecule has 1 aliphatic carbocycles. The molecule has 0 saturated heterocycles. The lowest BCUT2D eigenvalue weighted by Gasteiger charge is -2.14. The summed E-state index contributed by atoms with van der Waals surface area (Å²) in [5.41, 5.74) is 2.24. The van der Waals surface area contributed by atoms with E-state index in [0.29, 0.717) is 28.0 Å².